The summed E-state index contributed by atoms with van der Waals surface area (Å²) in [5, 5.41) is 3.40. The van der Waals surface area contributed by atoms with Crippen molar-refractivity contribution < 1.29 is 18.9 Å². The highest BCUT2D eigenvalue weighted by molar-refractivity contribution is 5.51. The molecule has 1 aromatic carbocycles. The van der Waals surface area contributed by atoms with Crippen LogP contribution in [-0.2, 0) is 11.3 Å². The maximum absolute atomic E-state index is 5.89. The normalized spacial score (nSPS) is 13.0. The van der Waals surface area contributed by atoms with Crippen LogP contribution in [0.1, 0.15) is 32.8 Å². The molecule has 118 valence electrons. The monoisotopic (exact) mass is 295 g/mol. The molecule has 0 aromatic heterocycles. The van der Waals surface area contributed by atoms with E-state index in [0.29, 0.717) is 12.6 Å². The predicted octanol–water partition coefficient (Wildman–Crippen LogP) is 2.72. The Hall–Kier alpha value is -1.46. The summed E-state index contributed by atoms with van der Waals surface area (Å²) in [6.45, 7) is 9.36. The molecule has 1 aromatic rings. The minimum atomic E-state index is 0.278. The lowest BCUT2D eigenvalue weighted by Crippen LogP contribution is -2.22. The molecule has 1 N–H and O–H groups in total. The minimum Gasteiger partial charge on any atom is -0.493 e. The van der Waals surface area contributed by atoms with Gasteiger partial charge in [-0.05, 0) is 13.0 Å². The van der Waals surface area contributed by atoms with Crippen LogP contribution in [0.5, 0.6) is 17.2 Å². The van der Waals surface area contributed by atoms with Gasteiger partial charge in [0.25, 0.3) is 0 Å². The van der Waals surface area contributed by atoms with Crippen molar-refractivity contribution in [2.24, 2.45) is 0 Å². The van der Waals surface area contributed by atoms with Crippen LogP contribution in [-0.4, -0.2) is 32.7 Å². The standard InChI is InChI=1S/C16H25NO4/c1-4-18-6-5-7-19-14-9-16-15(20-11-21-16)8-13(14)10-17-12(2)3/h8-9,12,17H,4-7,10-11H2,1-3H3. The molecule has 5 heteroatoms. The number of ether oxygens (including phenoxy) is 4. The molecule has 0 atom stereocenters. The number of nitrogens with one attached hydrogen (secondary N) is 1. The topological polar surface area (TPSA) is 49.0 Å². The van der Waals surface area contributed by atoms with E-state index in [1.807, 2.05) is 19.1 Å². The van der Waals surface area contributed by atoms with E-state index in [4.69, 9.17) is 18.9 Å². The molecule has 0 amide bonds. The first kappa shape index (κ1) is 15.9. The lowest BCUT2D eigenvalue weighted by molar-refractivity contribution is 0.130. The van der Waals surface area contributed by atoms with Gasteiger partial charge < -0.3 is 24.3 Å². The zero-order valence-corrected chi connectivity index (χ0v) is 13.1. The third-order valence-corrected chi connectivity index (χ3v) is 3.15. The van der Waals surface area contributed by atoms with Gasteiger partial charge in [-0.25, -0.2) is 0 Å². The van der Waals surface area contributed by atoms with Crippen molar-refractivity contribution >= 4 is 0 Å². The molecule has 0 aliphatic carbocycles. The Morgan fingerprint density at radius 2 is 1.95 bits per heavy atom. The number of fused-ring (bicyclic) bond motifs is 1. The van der Waals surface area contributed by atoms with Crippen LogP contribution in [0.25, 0.3) is 0 Å². The van der Waals surface area contributed by atoms with Crippen molar-refractivity contribution in [1.29, 1.82) is 0 Å². The second kappa shape index (κ2) is 8.10. The van der Waals surface area contributed by atoms with E-state index in [2.05, 4.69) is 19.2 Å². The van der Waals surface area contributed by atoms with E-state index < -0.39 is 0 Å². The average Bonchev–Trinajstić information content (AvgIpc) is 2.91. The molecule has 1 aliphatic heterocycles. The number of benzene rings is 1. The molecule has 0 fully saturated rings. The van der Waals surface area contributed by atoms with Gasteiger partial charge in [-0.3, -0.25) is 0 Å². The van der Waals surface area contributed by atoms with Gasteiger partial charge in [0, 0.05) is 43.9 Å². The van der Waals surface area contributed by atoms with Gasteiger partial charge >= 0.3 is 0 Å². The van der Waals surface area contributed by atoms with Crippen LogP contribution in [0.15, 0.2) is 12.1 Å². The second-order valence-corrected chi connectivity index (χ2v) is 5.25. The molecule has 21 heavy (non-hydrogen) atoms. The Morgan fingerprint density at radius 1 is 1.19 bits per heavy atom. The van der Waals surface area contributed by atoms with E-state index in [1.54, 1.807) is 0 Å². The van der Waals surface area contributed by atoms with E-state index >= 15 is 0 Å². The largest absolute Gasteiger partial charge is 0.493 e. The number of hydrogen-bond acceptors (Lipinski definition) is 5. The van der Waals surface area contributed by atoms with Crippen LogP contribution in [0.4, 0.5) is 0 Å². The quantitative estimate of drug-likeness (QED) is 0.710. The fourth-order valence-electron chi connectivity index (χ4n) is 2.04. The first-order chi connectivity index (χ1) is 10.2. The van der Waals surface area contributed by atoms with Gasteiger partial charge in [-0.15, -0.1) is 0 Å². The van der Waals surface area contributed by atoms with Crippen LogP contribution in [0, 0.1) is 0 Å². The Balaban J connectivity index is 1.98. The Morgan fingerprint density at radius 3 is 2.67 bits per heavy atom. The molecular weight excluding hydrogens is 270 g/mol. The van der Waals surface area contributed by atoms with Gasteiger partial charge in [0.1, 0.15) is 5.75 Å². The minimum absolute atomic E-state index is 0.278. The summed E-state index contributed by atoms with van der Waals surface area (Å²) in [5.74, 6) is 2.39. The molecule has 0 saturated carbocycles. The highest BCUT2D eigenvalue weighted by Crippen LogP contribution is 2.38. The molecule has 0 radical (unpaired) electrons. The molecule has 0 bridgehead atoms. The summed E-state index contributed by atoms with van der Waals surface area (Å²) in [5.41, 5.74) is 1.09. The average molecular weight is 295 g/mol. The highest BCUT2D eigenvalue weighted by atomic mass is 16.7. The van der Waals surface area contributed by atoms with Crippen LogP contribution < -0.4 is 19.5 Å². The maximum Gasteiger partial charge on any atom is 0.231 e. The van der Waals surface area contributed by atoms with Crippen LogP contribution in [0.3, 0.4) is 0 Å². The smallest absolute Gasteiger partial charge is 0.231 e. The van der Waals surface area contributed by atoms with Gasteiger partial charge in [-0.1, -0.05) is 13.8 Å². The van der Waals surface area contributed by atoms with Gasteiger partial charge in [0.05, 0.1) is 6.61 Å². The summed E-state index contributed by atoms with van der Waals surface area (Å²) in [4.78, 5) is 0. The molecule has 0 spiro atoms. The van der Waals surface area contributed by atoms with E-state index in [0.717, 1.165) is 49.0 Å². The third-order valence-electron chi connectivity index (χ3n) is 3.15. The van der Waals surface area contributed by atoms with Crippen LogP contribution in [0.2, 0.25) is 0 Å². The van der Waals surface area contributed by atoms with E-state index in [1.165, 1.54) is 0 Å². The molecule has 1 heterocycles. The van der Waals surface area contributed by atoms with Gasteiger partial charge in [0.2, 0.25) is 6.79 Å². The van der Waals surface area contributed by atoms with Gasteiger partial charge in [-0.2, -0.15) is 0 Å². The van der Waals surface area contributed by atoms with Crippen molar-refractivity contribution in [3.8, 4) is 17.2 Å². The van der Waals surface area contributed by atoms with Crippen molar-refractivity contribution in [1.82, 2.24) is 5.32 Å². The molecule has 1 aliphatic rings. The highest BCUT2D eigenvalue weighted by Gasteiger charge is 2.18. The Bertz CT molecular complexity index is 448. The zero-order chi connectivity index (χ0) is 15.1. The third kappa shape index (κ3) is 4.79. The lowest BCUT2D eigenvalue weighted by Gasteiger charge is -2.14. The maximum atomic E-state index is 5.89. The Labute approximate surface area is 126 Å². The number of rotatable bonds is 9. The van der Waals surface area contributed by atoms with Crippen molar-refractivity contribution in [3.63, 3.8) is 0 Å². The fraction of sp³-hybridized carbons (Fsp3) is 0.625. The lowest BCUT2D eigenvalue weighted by atomic mass is 10.1. The molecule has 0 unspecified atom stereocenters. The summed E-state index contributed by atoms with van der Waals surface area (Å²) in [7, 11) is 0. The van der Waals surface area contributed by atoms with E-state index in [-0.39, 0.29) is 6.79 Å². The van der Waals surface area contributed by atoms with Crippen molar-refractivity contribution in [2.75, 3.05) is 26.6 Å². The van der Waals surface area contributed by atoms with Gasteiger partial charge in [0.15, 0.2) is 11.5 Å². The summed E-state index contributed by atoms with van der Waals surface area (Å²) >= 11 is 0. The molecule has 0 saturated heterocycles. The molecule has 2 rings (SSSR count). The van der Waals surface area contributed by atoms with Crippen molar-refractivity contribution in [3.05, 3.63) is 17.7 Å². The fourth-order valence-corrected chi connectivity index (χ4v) is 2.04. The predicted molar refractivity (Wildman–Crippen MR) is 81.1 cm³/mol. The number of hydrogen-bond donors (Lipinski definition) is 1. The SMILES string of the molecule is CCOCCCOc1cc2c(cc1CNC(C)C)OCO2. The Kier molecular flexibility index (Phi) is 6.14. The summed E-state index contributed by atoms with van der Waals surface area (Å²) < 4.78 is 22.1. The molecule has 5 nitrogen and oxygen atoms in total. The molecular formula is C16H25NO4. The zero-order valence-electron chi connectivity index (χ0n) is 13.1. The second-order valence-electron chi connectivity index (χ2n) is 5.25. The van der Waals surface area contributed by atoms with E-state index in [9.17, 15) is 0 Å². The summed E-state index contributed by atoms with van der Waals surface area (Å²) in [6, 6.07) is 4.33. The van der Waals surface area contributed by atoms with Crippen LogP contribution >= 0.6 is 0 Å². The first-order valence-electron chi connectivity index (χ1n) is 7.57. The summed E-state index contributed by atoms with van der Waals surface area (Å²) in [6.07, 6.45) is 0.874. The van der Waals surface area contributed by atoms with Crippen molar-refractivity contribution in [2.45, 2.75) is 39.8 Å². The first-order valence-corrected chi connectivity index (χ1v) is 7.57.